The number of benzene rings is 1. The van der Waals surface area contributed by atoms with Gasteiger partial charge in [0.25, 0.3) is 0 Å². The van der Waals surface area contributed by atoms with Crippen LogP contribution >= 0.6 is 15.9 Å². The molecule has 106 valence electrons. The molecule has 2 rings (SSSR count). The predicted molar refractivity (Wildman–Crippen MR) is 84.2 cm³/mol. The highest BCUT2D eigenvalue weighted by Gasteiger charge is 2.44. The van der Waals surface area contributed by atoms with Gasteiger partial charge in [0.2, 0.25) is 0 Å². The molecule has 0 amide bonds. The van der Waals surface area contributed by atoms with Crippen LogP contribution in [0.5, 0.6) is 0 Å². The Morgan fingerprint density at radius 1 is 1.26 bits per heavy atom. The molecule has 19 heavy (non-hydrogen) atoms. The monoisotopic (exact) mass is 324 g/mol. The molecule has 0 aromatic heterocycles. The SMILES string of the molecule is CC(C)(C)C1CCCCC1(O)Cc1ccccc1Br. The van der Waals surface area contributed by atoms with Crippen LogP contribution in [0.15, 0.2) is 28.7 Å². The summed E-state index contributed by atoms with van der Waals surface area (Å²) in [6.07, 6.45) is 5.23. The normalized spacial score (nSPS) is 28.4. The molecule has 0 aliphatic heterocycles. The number of halogens is 1. The highest BCUT2D eigenvalue weighted by Crippen LogP contribution is 2.46. The van der Waals surface area contributed by atoms with Gasteiger partial charge in [0.05, 0.1) is 5.60 Å². The van der Waals surface area contributed by atoms with Crippen molar-refractivity contribution < 1.29 is 5.11 Å². The summed E-state index contributed by atoms with van der Waals surface area (Å²) in [5, 5.41) is 11.2. The Bertz CT molecular complexity index is 435. The molecule has 2 heteroatoms. The van der Waals surface area contributed by atoms with Gasteiger partial charge < -0.3 is 5.11 Å². The molecule has 1 N–H and O–H groups in total. The van der Waals surface area contributed by atoms with Gasteiger partial charge in [-0.05, 0) is 35.8 Å². The molecule has 1 saturated carbocycles. The molecular weight excluding hydrogens is 300 g/mol. The molecule has 1 nitrogen and oxygen atoms in total. The fourth-order valence-electron chi connectivity index (χ4n) is 3.64. The van der Waals surface area contributed by atoms with Crippen molar-refractivity contribution in [3.8, 4) is 0 Å². The summed E-state index contributed by atoms with van der Waals surface area (Å²) in [5.41, 5.74) is 0.831. The minimum atomic E-state index is -0.555. The summed E-state index contributed by atoms with van der Waals surface area (Å²) >= 11 is 3.61. The maximum absolute atomic E-state index is 11.2. The van der Waals surface area contributed by atoms with Crippen LogP contribution in [0.2, 0.25) is 0 Å². The number of hydrogen-bond donors (Lipinski definition) is 1. The van der Waals surface area contributed by atoms with E-state index in [0.29, 0.717) is 5.92 Å². The zero-order valence-corrected chi connectivity index (χ0v) is 13.8. The zero-order valence-electron chi connectivity index (χ0n) is 12.2. The van der Waals surface area contributed by atoms with Crippen LogP contribution in [0.1, 0.15) is 52.0 Å². The van der Waals surface area contributed by atoms with Gasteiger partial charge in [0.15, 0.2) is 0 Å². The van der Waals surface area contributed by atoms with Gasteiger partial charge in [0.1, 0.15) is 0 Å². The van der Waals surface area contributed by atoms with E-state index in [4.69, 9.17) is 0 Å². The third-order valence-corrected chi connectivity index (χ3v) is 5.27. The third kappa shape index (κ3) is 3.41. The highest BCUT2D eigenvalue weighted by atomic mass is 79.9. The summed E-state index contributed by atoms with van der Waals surface area (Å²) in [4.78, 5) is 0. The number of aliphatic hydroxyl groups is 1. The van der Waals surface area contributed by atoms with E-state index < -0.39 is 5.60 Å². The maximum Gasteiger partial charge on any atom is 0.0721 e. The van der Waals surface area contributed by atoms with Crippen molar-refractivity contribution >= 4 is 15.9 Å². The van der Waals surface area contributed by atoms with Crippen molar-refractivity contribution in [2.75, 3.05) is 0 Å². The Labute approximate surface area is 125 Å². The second kappa shape index (κ2) is 5.57. The standard InChI is InChI=1S/C17H25BrO/c1-16(2,3)15-10-6-7-11-17(15,19)12-13-8-4-5-9-14(13)18/h4-5,8-9,15,19H,6-7,10-12H2,1-3H3. The number of hydrogen-bond acceptors (Lipinski definition) is 1. The average molecular weight is 325 g/mol. The van der Waals surface area contributed by atoms with Crippen molar-refractivity contribution in [3.05, 3.63) is 34.3 Å². The first kappa shape index (κ1) is 15.1. The molecule has 2 atom stereocenters. The Morgan fingerprint density at radius 3 is 2.58 bits per heavy atom. The predicted octanol–water partition coefficient (Wildman–Crippen LogP) is 4.96. The lowest BCUT2D eigenvalue weighted by Crippen LogP contribution is -2.48. The summed E-state index contributed by atoms with van der Waals surface area (Å²) in [6, 6.07) is 8.27. The van der Waals surface area contributed by atoms with E-state index >= 15 is 0 Å². The summed E-state index contributed by atoms with van der Waals surface area (Å²) in [7, 11) is 0. The first-order chi connectivity index (χ1) is 8.83. The van der Waals surface area contributed by atoms with E-state index in [1.54, 1.807) is 0 Å². The van der Waals surface area contributed by atoms with E-state index in [1.807, 2.05) is 6.07 Å². The van der Waals surface area contributed by atoms with Gasteiger partial charge in [-0.15, -0.1) is 0 Å². The molecule has 1 aliphatic rings. The minimum absolute atomic E-state index is 0.163. The Balaban J connectivity index is 2.26. The van der Waals surface area contributed by atoms with E-state index in [1.165, 1.54) is 12.0 Å². The van der Waals surface area contributed by atoms with Crippen molar-refractivity contribution in [2.24, 2.45) is 11.3 Å². The average Bonchev–Trinajstić information content (AvgIpc) is 2.31. The molecule has 1 aromatic rings. The van der Waals surface area contributed by atoms with Gasteiger partial charge in [0, 0.05) is 10.9 Å². The minimum Gasteiger partial charge on any atom is -0.389 e. The smallest absolute Gasteiger partial charge is 0.0721 e. The fourth-order valence-corrected chi connectivity index (χ4v) is 4.07. The summed E-state index contributed by atoms with van der Waals surface area (Å²) in [5.74, 6) is 0.376. The largest absolute Gasteiger partial charge is 0.389 e. The van der Waals surface area contributed by atoms with Crippen LogP contribution in [0, 0.1) is 11.3 Å². The van der Waals surface area contributed by atoms with E-state index in [9.17, 15) is 5.11 Å². The Hall–Kier alpha value is -0.340. The number of rotatable bonds is 2. The van der Waals surface area contributed by atoms with Crippen LogP contribution in [0.4, 0.5) is 0 Å². The van der Waals surface area contributed by atoms with E-state index in [2.05, 4.69) is 54.9 Å². The zero-order chi connectivity index (χ0) is 14.1. The first-order valence-corrected chi connectivity index (χ1v) is 8.08. The van der Waals surface area contributed by atoms with Gasteiger partial charge in [-0.3, -0.25) is 0 Å². The van der Waals surface area contributed by atoms with E-state index in [-0.39, 0.29) is 5.41 Å². The van der Waals surface area contributed by atoms with Gasteiger partial charge in [-0.25, -0.2) is 0 Å². The molecule has 0 bridgehead atoms. The lowest BCUT2D eigenvalue weighted by atomic mass is 9.62. The molecule has 0 radical (unpaired) electrons. The maximum atomic E-state index is 11.2. The Kier molecular flexibility index (Phi) is 4.42. The summed E-state index contributed by atoms with van der Waals surface area (Å²) < 4.78 is 1.11. The van der Waals surface area contributed by atoms with Crippen molar-refractivity contribution in [2.45, 2.75) is 58.5 Å². The molecule has 2 unspecified atom stereocenters. The van der Waals surface area contributed by atoms with Crippen molar-refractivity contribution in [1.29, 1.82) is 0 Å². The van der Waals surface area contributed by atoms with Crippen molar-refractivity contribution in [1.82, 2.24) is 0 Å². The van der Waals surface area contributed by atoms with Gasteiger partial charge in [-0.2, -0.15) is 0 Å². The molecule has 1 aromatic carbocycles. The van der Waals surface area contributed by atoms with Crippen LogP contribution in [-0.4, -0.2) is 10.7 Å². The third-order valence-electron chi connectivity index (χ3n) is 4.50. The van der Waals surface area contributed by atoms with Crippen LogP contribution in [0.3, 0.4) is 0 Å². The van der Waals surface area contributed by atoms with Crippen molar-refractivity contribution in [3.63, 3.8) is 0 Å². The van der Waals surface area contributed by atoms with Gasteiger partial charge >= 0.3 is 0 Å². The van der Waals surface area contributed by atoms with Crippen LogP contribution in [0.25, 0.3) is 0 Å². The molecule has 1 aliphatic carbocycles. The summed E-state index contributed by atoms with van der Waals surface area (Å²) in [6.45, 7) is 6.77. The highest BCUT2D eigenvalue weighted by molar-refractivity contribution is 9.10. The molecule has 0 saturated heterocycles. The lowest BCUT2D eigenvalue weighted by Gasteiger charge is -2.47. The van der Waals surface area contributed by atoms with Crippen LogP contribution in [-0.2, 0) is 6.42 Å². The fraction of sp³-hybridized carbons (Fsp3) is 0.647. The Morgan fingerprint density at radius 2 is 1.95 bits per heavy atom. The second-order valence-corrected chi connectivity index (χ2v) is 7.89. The van der Waals surface area contributed by atoms with Gasteiger partial charge in [-0.1, -0.05) is 67.7 Å². The quantitative estimate of drug-likeness (QED) is 0.815. The molecule has 1 fully saturated rings. The topological polar surface area (TPSA) is 20.2 Å². The molecule has 0 spiro atoms. The second-order valence-electron chi connectivity index (χ2n) is 7.04. The van der Waals surface area contributed by atoms with E-state index in [0.717, 1.165) is 30.2 Å². The molecular formula is C17H25BrO. The molecule has 0 heterocycles. The first-order valence-electron chi connectivity index (χ1n) is 7.29. The van der Waals surface area contributed by atoms with Crippen LogP contribution < -0.4 is 0 Å². The lowest BCUT2D eigenvalue weighted by molar-refractivity contribution is -0.0890.